The largest absolute Gasteiger partial charge is 0.481 e. The zero-order valence-electron chi connectivity index (χ0n) is 22.2. The number of benzene rings is 2. The van der Waals surface area contributed by atoms with E-state index >= 15 is 0 Å². The maximum atomic E-state index is 13.1. The van der Waals surface area contributed by atoms with Gasteiger partial charge in [-0.15, -0.1) is 0 Å². The highest BCUT2D eigenvalue weighted by Crippen LogP contribution is 2.37. The van der Waals surface area contributed by atoms with Crippen LogP contribution in [0.2, 0.25) is 0 Å². The molecule has 3 rings (SSSR count). The van der Waals surface area contributed by atoms with Crippen molar-refractivity contribution in [1.82, 2.24) is 0 Å². The second kappa shape index (κ2) is 14.4. The van der Waals surface area contributed by atoms with Gasteiger partial charge in [0.25, 0.3) is 0 Å². The predicted molar refractivity (Wildman–Crippen MR) is 143 cm³/mol. The van der Waals surface area contributed by atoms with Gasteiger partial charge in [-0.2, -0.15) is 0 Å². The van der Waals surface area contributed by atoms with Gasteiger partial charge in [-0.05, 0) is 56.0 Å². The van der Waals surface area contributed by atoms with Crippen LogP contribution in [0.4, 0.5) is 0 Å². The lowest BCUT2D eigenvalue weighted by Gasteiger charge is -2.14. The maximum Gasteiger partial charge on any atom is 0.311 e. The Bertz CT molecular complexity index is 1520. The summed E-state index contributed by atoms with van der Waals surface area (Å²) in [4.78, 5) is 71.3. The van der Waals surface area contributed by atoms with Crippen molar-refractivity contribution < 1.29 is 52.8 Å². The van der Waals surface area contributed by atoms with Gasteiger partial charge >= 0.3 is 29.8 Å². The van der Waals surface area contributed by atoms with Crippen LogP contribution in [0, 0.1) is 0 Å². The highest BCUT2D eigenvalue weighted by molar-refractivity contribution is 5.85. The van der Waals surface area contributed by atoms with E-state index in [0.717, 1.165) is 6.92 Å². The van der Waals surface area contributed by atoms with Gasteiger partial charge in [-0.25, -0.2) is 0 Å². The molecule has 0 atom stereocenters. The number of carbonyl (C=O) groups is 5. The molecule has 216 valence electrons. The number of hydrogen-bond acceptors (Lipinski definition) is 10. The Morgan fingerprint density at radius 1 is 0.732 bits per heavy atom. The van der Waals surface area contributed by atoms with E-state index in [2.05, 4.69) is 0 Å². The summed E-state index contributed by atoms with van der Waals surface area (Å²) in [6, 6.07) is 10.3. The molecule has 2 aromatic carbocycles. The molecule has 12 nitrogen and oxygen atoms in total. The second-order valence-electron chi connectivity index (χ2n) is 8.99. The van der Waals surface area contributed by atoms with Crippen LogP contribution in [0.1, 0.15) is 58.3 Å². The summed E-state index contributed by atoms with van der Waals surface area (Å²) >= 11 is 0. The van der Waals surface area contributed by atoms with E-state index in [1.165, 1.54) is 24.3 Å². The minimum atomic E-state index is -0.996. The highest BCUT2D eigenvalue weighted by Gasteiger charge is 2.22. The van der Waals surface area contributed by atoms with Crippen LogP contribution in [-0.4, -0.2) is 40.1 Å². The van der Waals surface area contributed by atoms with Crippen molar-refractivity contribution in [3.63, 3.8) is 0 Å². The fourth-order valence-corrected chi connectivity index (χ4v) is 3.80. The fourth-order valence-electron chi connectivity index (χ4n) is 3.80. The summed E-state index contributed by atoms with van der Waals surface area (Å²) in [5.74, 6) is -5.02. The molecule has 12 heteroatoms. The molecule has 0 bridgehead atoms. The summed E-state index contributed by atoms with van der Waals surface area (Å²) in [6.07, 6.45) is 0.576. The number of aliphatic carboxylic acids is 2. The second-order valence-corrected chi connectivity index (χ2v) is 8.99. The van der Waals surface area contributed by atoms with Crippen molar-refractivity contribution in [2.24, 2.45) is 0 Å². The zero-order chi connectivity index (χ0) is 29.9. The van der Waals surface area contributed by atoms with Gasteiger partial charge < -0.3 is 28.8 Å². The molecule has 2 N–H and O–H groups in total. The van der Waals surface area contributed by atoms with Crippen molar-refractivity contribution >= 4 is 40.8 Å². The van der Waals surface area contributed by atoms with E-state index in [4.69, 9.17) is 28.8 Å². The first-order valence-corrected chi connectivity index (χ1v) is 12.8. The lowest BCUT2D eigenvalue weighted by Crippen LogP contribution is -2.14. The highest BCUT2D eigenvalue weighted by atomic mass is 16.6. The molecule has 0 unspecified atom stereocenters. The van der Waals surface area contributed by atoms with Gasteiger partial charge in [-0.1, -0.05) is 12.1 Å². The summed E-state index contributed by atoms with van der Waals surface area (Å²) < 4.78 is 21.9. The van der Waals surface area contributed by atoms with Gasteiger partial charge in [0.1, 0.15) is 5.58 Å². The average molecular weight is 569 g/mol. The third-order valence-electron chi connectivity index (χ3n) is 5.70. The summed E-state index contributed by atoms with van der Waals surface area (Å²) in [6.45, 7) is 1.12. The molecule has 3 aromatic rings. The van der Waals surface area contributed by atoms with Gasteiger partial charge in [0, 0.05) is 38.2 Å². The Morgan fingerprint density at radius 2 is 1.29 bits per heavy atom. The molecule has 0 spiro atoms. The number of carbonyl (C=O) groups excluding carboxylic acids is 3. The van der Waals surface area contributed by atoms with E-state index in [1.807, 2.05) is 0 Å². The molecular formula is C29H28O12. The first-order chi connectivity index (χ1) is 19.5. The third-order valence-corrected chi connectivity index (χ3v) is 5.70. The van der Waals surface area contributed by atoms with E-state index in [1.54, 1.807) is 18.2 Å². The zero-order valence-corrected chi connectivity index (χ0v) is 22.2. The van der Waals surface area contributed by atoms with Crippen molar-refractivity contribution in [1.29, 1.82) is 0 Å². The number of hydrogen-bond donors (Lipinski definition) is 2. The van der Waals surface area contributed by atoms with Gasteiger partial charge in [0.05, 0.1) is 5.39 Å². The number of rotatable bonds is 14. The quantitative estimate of drug-likeness (QED) is 0.158. The normalized spacial score (nSPS) is 10.7. The minimum Gasteiger partial charge on any atom is -0.481 e. The van der Waals surface area contributed by atoms with E-state index in [-0.39, 0.29) is 90.9 Å². The molecule has 41 heavy (non-hydrogen) atoms. The Morgan fingerprint density at radius 3 is 1.88 bits per heavy atom. The predicted octanol–water partition coefficient (Wildman–Crippen LogP) is 4.49. The van der Waals surface area contributed by atoms with Crippen molar-refractivity contribution in [3.05, 3.63) is 52.7 Å². The van der Waals surface area contributed by atoms with Crippen molar-refractivity contribution in [3.8, 4) is 28.6 Å². The number of carboxylic acid groups (broad SMARTS) is 2. The van der Waals surface area contributed by atoms with E-state index in [9.17, 15) is 28.8 Å². The summed E-state index contributed by atoms with van der Waals surface area (Å²) in [5, 5.41) is 17.7. The molecule has 0 amide bonds. The van der Waals surface area contributed by atoms with E-state index in [0.29, 0.717) is 0 Å². The molecule has 0 fully saturated rings. The summed E-state index contributed by atoms with van der Waals surface area (Å²) in [7, 11) is 0. The number of para-hydroxylation sites is 1. The van der Waals surface area contributed by atoms with Crippen LogP contribution in [0.3, 0.4) is 0 Å². The lowest BCUT2D eigenvalue weighted by molar-refractivity contribution is -0.139. The van der Waals surface area contributed by atoms with Crippen molar-refractivity contribution in [2.75, 3.05) is 0 Å². The molecule has 0 radical (unpaired) electrons. The molecule has 0 aliphatic heterocycles. The Balaban J connectivity index is 1.96. The van der Waals surface area contributed by atoms with E-state index < -0.39 is 35.3 Å². The van der Waals surface area contributed by atoms with Crippen LogP contribution in [0.15, 0.2) is 51.7 Å². The number of fused-ring (bicyclic) bond motifs is 1. The monoisotopic (exact) mass is 568 g/mol. The van der Waals surface area contributed by atoms with Gasteiger partial charge in [-0.3, -0.25) is 28.8 Å². The van der Waals surface area contributed by atoms with Crippen LogP contribution in [0.5, 0.6) is 17.2 Å². The number of esters is 3. The SMILES string of the molecule is CC(=O)Oc1c(-c2ccc(OC(=O)CCCCC(=O)O)c(OC(=O)CCCCC(=O)O)c2)oc2ccccc2c1=O. The van der Waals surface area contributed by atoms with Crippen LogP contribution < -0.4 is 19.6 Å². The standard InChI is InChI=1S/C29H28O12/c1-17(30)38-29-27(37)19-8-2-3-9-20(19)41-28(29)18-14-15-21(39-25(35)12-6-4-10-23(31)32)22(16-18)40-26(36)13-7-5-11-24(33)34/h2-3,8-9,14-16H,4-7,10-13H2,1H3,(H,31,32)(H,33,34). The Hall–Kier alpha value is -5.00. The first-order valence-electron chi connectivity index (χ1n) is 12.8. The first kappa shape index (κ1) is 30.5. The minimum absolute atomic E-state index is 0.0895. The van der Waals surface area contributed by atoms with Gasteiger partial charge in [0.15, 0.2) is 17.3 Å². The Labute approximate surface area is 233 Å². The molecular weight excluding hydrogens is 540 g/mol. The molecule has 0 saturated carbocycles. The number of unbranched alkanes of at least 4 members (excludes halogenated alkanes) is 2. The lowest BCUT2D eigenvalue weighted by atomic mass is 10.1. The summed E-state index contributed by atoms with van der Waals surface area (Å²) in [5.41, 5.74) is -0.234. The number of carboxylic acids is 2. The molecule has 0 aliphatic carbocycles. The van der Waals surface area contributed by atoms with Crippen LogP contribution in [0.25, 0.3) is 22.3 Å². The van der Waals surface area contributed by atoms with Crippen LogP contribution in [-0.2, 0) is 24.0 Å². The topological polar surface area (TPSA) is 184 Å². The third kappa shape index (κ3) is 9.02. The Kier molecular flexibility index (Phi) is 10.7. The average Bonchev–Trinajstić information content (AvgIpc) is 2.91. The molecule has 0 aliphatic rings. The van der Waals surface area contributed by atoms with Crippen LogP contribution >= 0.6 is 0 Å². The van der Waals surface area contributed by atoms with Crippen molar-refractivity contribution in [2.45, 2.75) is 58.3 Å². The van der Waals surface area contributed by atoms with Gasteiger partial charge in [0.2, 0.25) is 11.2 Å². The number of ether oxygens (including phenoxy) is 3. The fraction of sp³-hybridized carbons (Fsp3) is 0.310. The smallest absolute Gasteiger partial charge is 0.311 e. The molecule has 1 heterocycles. The molecule has 1 aromatic heterocycles. The maximum absolute atomic E-state index is 13.1. The molecule has 0 saturated heterocycles.